The number of ether oxygens (including phenoxy) is 4. The zero-order chi connectivity index (χ0) is 16.2. The Hall–Kier alpha value is -1.78. The molecule has 4 saturated heterocycles. The first-order valence-corrected chi connectivity index (χ1v) is 7.95. The molecule has 4 aliphatic rings. The van der Waals surface area contributed by atoms with Crippen LogP contribution in [0.4, 0.5) is 0 Å². The number of fused-ring (bicyclic) bond motifs is 2. The fourth-order valence-corrected chi connectivity index (χ4v) is 4.56. The van der Waals surface area contributed by atoms with Crippen LogP contribution in [-0.2, 0) is 29.4 Å². The number of hydrogen-bond donors (Lipinski definition) is 0. The predicted octanol–water partition coefficient (Wildman–Crippen LogP) is -0.132. The van der Waals surface area contributed by atoms with Crippen LogP contribution >= 0.6 is 11.7 Å². The zero-order valence-corrected chi connectivity index (χ0v) is 13.4. The minimum atomic E-state index is -1.65. The van der Waals surface area contributed by atoms with Gasteiger partial charge in [-0.3, -0.25) is 0 Å². The number of hydrogen-bond acceptors (Lipinski definition) is 10. The predicted molar refractivity (Wildman–Crippen MR) is 74.4 cm³/mol. The zero-order valence-electron chi connectivity index (χ0n) is 12.6. The molecule has 0 amide bonds. The Balaban J connectivity index is 1.95. The highest BCUT2D eigenvalue weighted by atomic mass is 32.1. The van der Waals surface area contributed by atoms with Crippen molar-refractivity contribution < 1.29 is 28.5 Å². The lowest BCUT2D eigenvalue weighted by Crippen LogP contribution is -2.74. The third kappa shape index (κ3) is 1.63. The van der Waals surface area contributed by atoms with E-state index in [0.29, 0.717) is 18.8 Å². The topological polar surface area (TPSA) is 100 Å². The van der Waals surface area contributed by atoms with Gasteiger partial charge in [0.05, 0.1) is 18.8 Å². The van der Waals surface area contributed by atoms with Gasteiger partial charge in [-0.05, 0) is 12.8 Å². The Morgan fingerprint density at radius 1 is 1.17 bits per heavy atom. The van der Waals surface area contributed by atoms with Crippen LogP contribution in [0, 0.1) is 5.92 Å². The summed E-state index contributed by atoms with van der Waals surface area (Å²) in [6, 6.07) is 0. The van der Waals surface area contributed by atoms with E-state index in [-0.39, 0.29) is 11.8 Å². The molecule has 5 heterocycles. The van der Waals surface area contributed by atoms with E-state index in [0.717, 1.165) is 24.6 Å². The summed E-state index contributed by atoms with van der Waals surface area (Å²) in [7, 11) is 2.96. The lowest BCUT2D eigenvalue weighted by Gasteiger charge is -2.58. The molecule has 0 aliphatic carbocycles. The highest BCUT2D eigenvalue weighted by Crippen LogP contribution is 2.58. The Morgan fingerprint density at radius 2 is 1.83 bits per heavy atom. The highest BCUT2D eigenvalue weighted by molar-refractivity contribution is 6.99. The van der Waals surface area contributed by atoms with Crippen molar-refractivity contribution >= 4 is 23.7 Å². The van der Waals surface area contributed by atoms with Crippen molar-refractivity contribution in [3.8, 4) is 5.88 Å². The molecule has 124 valence electrons. The summed E-state index contributed by atoms with van der Waals surface area (Å²) in [6.07, 6.45) is 1.59. The summed E-state index contributed by atoms with van der Waals surface area (Å²) >= 11 is 0.965. The van der Waals surface area contributed by atoms with E-state index < -0.39 is 23.5 Å². The SMILES string of the molecule is COc1nsnc1C1(OC)C2CCN(CC2)C12OC(=O)C(=O)O2. The second-order valence-electron chi connectivity index (χ2n) is 5.68. The molecule has 0 radical (unpaired) electrons. The van der Waals surface area contributed by atoms with Crippen molar-refractivity contribution in [1.82, 2.24) is 13.6 Å². The van der Waals surface area contributed by atoms with E-state index in [4.69, 9.17) is 18.9 Å². The standard InChI is InChI=1S/C13H15N3O6S/c1-19-9-8(14-23-15-9)12(20-2)7-3-5-16(6-4-7)13(12)21-10(17)11(18)22-13/h7H,3-6H2,1-2H3. The van der Waals surface area contributed by atoms with Gasteiger partial charge in [0, 0.05) is 26.1 Å². The van der Waals surface area contributed by atoms with E-state index in [1.807, 2.05) is 4.90 Å². The molecule has 1 atom stereocenters. The number of aromatic nitrogens is 2. The van der Waals surface area contributed by atoms with Crippen molar-refractivity contribution in [3.63, 3.8) is 0 Å². The molecular weight excluding hydrogens is 326 g/mol. The summed E-state index contributed by atoms with van der Waals surface area (Å²) < 4.78 is 30.4. The molecule has 1 spiro atoms. The first kappa shape index (κ1) is 14.8. The molecule has 1 unspecified atom stereocenters. The number of methoxy groups -OCH3 is 2. The normalized spacial score (nSPS) is 34.5. The fraction of sp³-hybridized carbons (Fsp3) is 0.692. The van der Waals surface area contributed by atoms with Gasteiger partial charge in [0.1, 0.15) is 0 Å². The molecule has 10 heteroatoms. The van der Waals surface area contributed by atoms with Crippen LogP contribution in [-0.4, -0.2) is 58.8 Å². The van der Waals surface area contributed by atoms with Crippen molar-refractivity contribution in [2.75, 3.05) is 27.3 Å². The number of carbonyl (C=O) groups excluding carboxylic acids is 2. The average Bonchev–Trinajstić information content (AvgIpc) is 3.15. The first-order valence-electron chi connectivity index (χ1n) is 7.22. The van der Waals surface area contributed by atoms with Gasteiger partial charge in [0.15, 0.2) is 5.69 Å². The van der Waals surface area contributed by atoms with E-state index in [9.17, 15) is 9.59 Å². The van der Waals surface area contributed by atoms with Gasteiger partial charge in [-0.15, -0.1) is 4.37 Å². The third-order valence-electron chi connectivity index (χ3n) is 4.91. The molecular formula is C13H15N3O6S. The maximum atomic E-state index is 11.8. The van der Waals surface area contributed by atoms with Gasteiger partial charge < -0.3 is 18.9 Å². The summed E-state index contributed by atoms with van der Waals surface area (Å²) in [5.74, 6) is -3.47. The minimum Gasteiger partial charge on any atom is -0.479 e. The number of rotatable bonds is 3. The van der Waals surface area contributed by atoms with Gasteiger partial charge in [-0.2, -0.15) is 4.37 Å². The fourth-order valence-electron chi connectivity index (χ4n) is 3.99. The van der Waals surface area contributed by atoms with E-state index >= 15 is 0 Å². The monoisotopic (exact) mass is 341 g/mol. The molecule has 0 saturated carbocycles. The van der Waals surface area contributed by atoms with E-state index in [1.165, 1.54) is 14.2 Å². The quantitative estimate of drug-likeness (QED) is 0.549. The Kier molecular flexibility index (Phi) is 3.12. The number of esters is 2. The van der Waals surface area contributed by atoms with Gasteiger partial charge >= 0.3 is 17.8 Å². The lowest BCUT2D eigenvalue weighted by atomic mass is 9.70. The van der Waals surface area contributed by atoms with Gasteiger partial charge in [-0.25, -0.2) is 14.5 Å². The molecule has 1 aromatic heterocycles. The van der Waals surface area contributed by atoms with Crippen LogP contribution in [0.1, 0.15) is 18.5 Å². The maximum absolute atomic E-state index is 11.8. The van der Waals surface area contributed by atoms with Crippen LogP contribution < -0.4 is 4.74 Å². The van der Waals surface area contributed by atoms with Crippen LogP contribution in [0.2, 0.25) is 0 Å². The smallest absolute Gasteiger partial charge is 0.422 e. The summed E-state index contributed by atoms with van der Waals surface area (Å²) in [4.78, 5) is 25.4. The molecule has 0 N–H and O–H groups in total. The first-order chi connectivity index (χ1) is 11.1. The maximum Gasteiger partial charge on any atom is 0.422 e. The summed E-state index contributed by atoms with van der Waals surface area (Å²) in [5.41, 5.74) is -0.867. The van der Waals surface area contributed by atoms with Crippen molar-refractivity contribution in [2.45, 2.75) is 24.4 Å². The highest BCUT2D eigenvalue weighted by Gasteiger charge is 2.76. The number of piperidine rings is 3. The second kappa shape index (κ2) is 4.86. The molecule has 4 aliphatic heterocycles. The third-order valence-corrected chi connectivity index (χ3v) is 5.42. The molecule has 1 aromatic rings. The van der Waals surface area contributed by atoms with Gasteiger partial charge in [0.2, 0.25) is 5.60 Å². The molecule has 2 bridgehead atoms. The average molecular weight is 341 g/mol. The minimum absolute atomic E-state index is 0.0472. The largest absolute Gasteiger partial charge is 0.479 e. The van der Waals surface area contributed by atoms with Crippen molar-refractivity contribution in [3.05, 3.63) is 5.69 Å². The molecule has 0 aromatic carbocycles. The van der Waals surface area contributed by atoms with Crippen molar-refractivity contribution in [2.24, 2.45) is 5.92 Å². The number of nitrogens with zero attached hydrogens (tertiary/aromatic N) is 3. The lowest BCUT2D eigenvalue weighted by molar-refractivity contribution is -0.390. The molecule has 4 fully saturated rings. The summed E-state index contributed by atoms with van der Waals surface area (Å²) in [5, 5.41) is 0. The summed E-state index contributed by atoms with van der Waals surface area (Å²) in [6.45, 7) is 1.27. The molecule has 5 rings (SSSR count). The Morgan fingerprint density at radius 3 is 2.39 bits per heavy atom. The van der Waals surface area contributed by atoms with Gasteiger partial charge in [-0.1, -0.05) is 0 Å². The number of carbonyl (C=O) groups is 2. The van der Waals surface area contributed by atoms with Crippen LogP contribution in [0.25, 0.3) is 0 Å². The second-order valence-corrected chi connectivity index (χ2v) is 6.21. The Labute approximate surface area is 135 Å². The van der Waals surface area contributed by atoms with Gasteiger partial charge in [0.25, 0.3) is 5.88 Å². The van der Waals surface area contributed by atoms with Crippen LogP contribution in [0.3, 0.4) is 0 Å². The van der Waals surface area contributed by atoms with Crippen LogP contribution in [0.15, 0.2) is 0 Å². The van der Waals surface area contributed by atoms with Crippen molar-refractivity contribution in [1.29, 1.82) is 0 Å². The Bertz CT molecular complexity index is 654. The molecule has 9 nitrogen and oxygen atoms in total. The van der Waals surface area contributed by atoms with E-state index in [1.54, 1.807) is 0 Å². The van der Waals surface area contributed by atoms with E-state index in [2.05, 4.69) is 8.75 Å². The van der Waals surface area contributed by atoms with Crippen LogP contribution in [0.5, 0.6) is 5.88 Å². The molecule has 23 heavy (non-hydrogen) atoms.